The molecule has 0 saturated carbocycles. The second-order valence-electron chi connectivity index (χ2n) is 4.69. The average Bonchev–Trinajstić information content (AvgIpc) is 3.11. The number of carbonyl (C=O) groups is 2. The summed E-state index contributed by atoms with van der Waals surface area (Å²) in [6.45, 7) is 2.59. The Bertz CT molecular complexity index is 486. The molecule has 3 heterocycles. The Morgan fingerprint density at radius 1 is 1.40 bits per heavy atom. The fraction of sp³-hybridized carbons (Fsp3) is 0.538. The molecule has 0 aromatic carbocycles. The van der Waals surface area contributed by atoms with Gasteiger partial charge in [0.25, 0.3) is 0 Å². The molecule has 20 heavy (non-hydrogen) atoms. The second-order valence-corrected chi connectivity index (χ2v) is 6.74. The molecule has 2 fully saturated rings. The van der Waals surface area contributed by atoms with Crippen LogP contribution in [0.3, 0.4) is 0 Å². The second kappa shape index (κ2) is 6.15. The minimum absolute atomic E-state index is 0.00695. The zero-order valence-corrected chi connectivity index (χ0v) is 12.6. The number of rotatable bonds is 3. The van der Waals surface area contributed by atoms with E-state index in [9.17, 15) is 9.59 Å². The van der Waals surface area contributed by atoms with Gasteiger partial charge in [0.2, 0.25) is 11.8 Å². The van der Waals surface area contributed by atoms with Gasteiger partial charge in [-0.05, 0) is 11.4 Å². The molecule has 1 atom stereocenters. The van der Waals surface area contributed by atoms with E-state index in [4.69, 9.17) is 4.74 Å². The predicted molar refractivity (Wildman–Crippen MR) is 78.6 cm³/mol. The normalized spacial score (nSPS) is 23.4. The lowest BCUT2D eigenvalue weighted by molar-refractivity contribution is -0.141. The maximum atomic E-state index is 12.3. The van der Waals surface area contributed by atoms with Gasteiger partial charge < -0.3 is 14.5 Å². The van der Waals surface area contributed by atoms with Gasteiger partial charge in [-0.15, -0.1) is 23.1 Å². The van der Waals surface area contributed by atoms with Crippen molar-refractivity contribution in [1.29, 1.82) is 0 Å². The smallest absolute Gasteiger partial charge is 0.242 e. The van der Waals surface area contributed by atoms with Crippen molar-refractivity contribution in [2.45, 2.75) is 5.37 Å². The number of carbonyl (C=O) groups excluding carboxylic acids is 2. The number of thiophene rings is 1. The Balaban J connectivity index is 1.67. The summed E-state index contributed by atoms with van der Waals surface area (Å²) in [6.07, 6.45) is 0. The highest BCUT2D eigenvalue weighted by Gasteiger charge is 2.35. The highest BCUT2D eigenvalue weighted by atomic mass is 32.2. The molecule has 5 nitrogen and oxygen atoms in total. The number of ether oxygens (including phenoxy) is 1. The first-order valence-electron chi connectivity index (χ1n) is 6.56. The largest absolute Gasteiger partial charge is 0.378 e. The van der Waals surface area contributed by atoms with E-state index in [1.807, 2.05) is 17.5 Å². The summed E-state index contributed by atoms with van der Waals surface area (Å²) in [5.74, 6) is 0.527. The van der Waals surface area contributed by atoms with Crippen molar-refractivity contribution in [3.8, 4) is 0 Å². The van der Waals surface area contributed by atoms with Crippen LogP contribution in [0.15, 0.2) is 17.5 Å². The van der Waals surface area contributed by atoms with Crippen molar-refractivity contribution >= 4 is 34.9 Å². The highest BCUT2D eigenvalue weighted by molar-refractivity contribution is 8.00. The number of nitrogens with zero attached hydrogens (tertiary/aromatic N) is 2. The molecule has 0 spiro atoms. The lowest BCUT2D eigenvalue weighted by Gasteiger charge is -2.30. The zero-order valence-electron chi connectivity index (χ0n) is 11.0. The molecule has 2 aliphatic rings. The van der Waals surface area contributed by atoms with E-state index < -0.39 is 0 Å². The molecule has 1 aromatic rings. The third kappa shape index (κ3) is 2.84. The van der Waals surface area contributed by atoms with Gasteiger partial charge in [-0.2, -0.15) is 0 Å². The third-order valence-corrected chi connectivity index (χ3v) is 5.74. The minimum atomic E-state index is -0.00695. The molecule has 1 aromatic heterocycles. The van der Waals surface area contributed by atoms with E-state index in [0.29, 0.717) is 32.1 Å². The van der Waals surface area contributed by atoms with Crippen LogP contribution in [0.5, 0.6) is 0 Å². The number of morpholine rings is 1. The van der Waals surface area contributed by atoms with E-state index in [-0.39, 0.29) is 23.7 Å². The first kappa shape index (κ1) is 13.9. The predicted octanol–water partition coefficient (Wildman–Crippen LogP) is 1.18. The lowest BCUT2D eigenvalue weighted by Crippen LogP contribution is -2.46. The summed E-state index contributed by atoms with van der Waals surface area (Å²) >= 11 is 3.23. The van der Waals surface area contributed by atoms with Gasteiger partial charge in [-0.1, -0.05) is 6.07 Å². The van der Waals surface area contributed by atoms with Gasteiger partial charge >= 0.3 is 0 Å². The van der Waals surface area contributed by atoms with E-state index in [1.54, 1.807) is 32.9 Å². The van der Waals surface area contributed by atoms with Gasteiger partial charge in [-0.25, -0.2) is 0 Å². The Morgan fingerprint density at radius 3 is 2.90 bits per heavy atom. The molecular weight excluding hydrogens is 296 g/mol. The van der Waals surface area contributed by atoms with Crippen LogP contribution in [0, 0.1) is 0 Å². The molecule has 1 unspecified atom stereocenters. The van der Waals surface area contributed by atoms with Gasteiger partial charge in [0.05, 0.1) is 19.0 Å². The molecule has 108 valence electrons. The zero-order chi connectivity index (χ0) is 13.9. The van der Waals surface area contributed by atoms with Crippen molar-refractivity contribution in [2.75, 3.05) is 38.6 Å². The van der Waals surface area contributed by atoms with Crippen LogP contribution >= 0.6 is 23.1 Å². The Labute approximate surface area is 125 Å². The van der Waals surface area contributed by atoms with Crippen molar-refractivity contribution in [2.24, 2.45) is 0 Å². The maximum absolute atomic E-state index is 12.3. The molecule has 2 aliphatic heterocycles. The lowest BCUT2D eigenvalue weighted by atomic mass is 10.3. The molecule has 0 bridgehead atoms. The highest BCUT2D eigenvalue weighted by Crippen LogP contribution is 2.40. The molecular formula is C13H16N2O3S2. The molecule has 2 amide bonds. The third-order valence-electron chi connectivity index (χ3n) is 3.42. The van der Waals surface area contributed by atoms with Crippen molar-refractivity contribution < 1.29 is 14.3 Å². The Hall–Kier alpha value is -1.05. The van der Waals surface area contributed by atoms with Gasteiger partial charge in [0.15, 0.2) is 0 Å². The Kier molecular flexibility index (Phi) is 4.28. The Morgan fingerprint density at radius 2 is 2.20 bits per heavy atom. The number of thioether (sulfide) groups is 1. The fourth-order valence-corrected chi connectivity index (χ4v) is 4.52. The number of hydrogen-bond donors (Lipinski definition) is 0. The quantitative estimate of drug-likeness (QED) is 0.841. The van der Waals surface area contributed by atoms with Gasteiger partial charge in [0.1, 0.15) is 11.9 Å². The molecule has 7 heteroatoms. The standard InChI is InChI=1S/C13H16N2O3S2/c16-11(14-3-5-18-6-4-14)8-15-12(17)9-20-13(15)10-2-1-7-19-10/h1-2,7,13H,3-6,8-9H2. The summed E-state index contributed by atoms with van der Waals surface area (Å²) in [5, 5.41) is 1.99. The minimum Gasteiger partial charge on any atom is -0.378 e. The SMILES string of the molecule is O=C(CN1C(=O)CSC1c1cccs1)N1CCOCC1. The van der Waals surface area contributed by atoms with Gasteiger partial charge in [-0.3, -0.25) is 9.59 Å². The maximum Gasteiger partial charge on any atom is 0.242 e. The monoisotopic (exact) mass is 312 g/mol. The number of hydrogen-bond acceptors (Lipinski definition) is 5. The first-order chi connectivity index (χ1) is 9.75. The number of amides is 2. The summed E-state index contributed by atoms with van der Waals surface area (Å²) in [4.78, 5) is 28.9. The summed E-state index contributed by atoms with van der Waals surface area (Å²) in [6, 6.07) is 4.00. The molecule has 3 rings (SSSR count). The van der Waals surface area contributed by atoms with Crippen LogP contribution in [-0.4, -0.2) is 60.2 Å². The van der Waals surface area contributed by atoms with Crippen molar-refractivity contribution in [3.63, 3.8) is 0 Å². The molecule has 2 saturated heterocycles. The molecule has 0 aliphatic carbocycles. The van der Waals surface area contributed by atoms with E-state index >= 15 is 0 Å². The van der Waals surface area contributed by atoms with Crippen molar-refractivity contribution in [1.82, 2.24) is 9.80 Å². The average molecular weight is 312 g/mol. The van der Waals surface area contributed by atoms with Gasteiger partial charge in [0, 0.05) is 18.0 Å². The van der Waals surface area contributed by atoms with Crippen LogP contribution < -0.4 is 0 Å². The van der Waals surface area contributed by atoms with Crippen LogP contribution in [-0.2, 0) is 14.3 Å². The molecule has 0 radical (unpaired) electrons. The topological polar surface area (TPSA) is 49.9 Å². The van der Waals surface area contributed by atoms with Crippen molar-refractivity contribution in [3.05, 3.63) is 22.4 Å². The van der Waals surface area contributed by atoms with E-state index in [2.05, 4.69) is 0 Å². The summed E-state index contributed by atoms with van der Waals surface area (Å²) in [7, 11) is 0. The van der Waals surface area contributed by atoms with E-state index in [0.717, 1.165) is 4.88 Å². The summed E-state index contributed by atoms with van der Waals surface area (Å²) in [5.41, 5.74) is 0. The summed E-state index contributed by atoms with van der Waals surface area (Å²) < 4.78 is 5.24. The van der Waals surface area contributed by atoms with Crippen LogP contribution in [0.25, 0.3) is 0 Å². The fourth-order valence-electron chi connectivity index (χ4n) is 2.35. The van der Waals surface area contributed by atoms with Crippen LogP contribution in [0.1, 0.15) is 10.3 Å². The van der Waals surface area contributed by atoms with Crippen LogP contribution in [0.2, 0.25) is 0 Å². The molecule has 0 N–H and O–H groups in total. The van der Waals surface area contributed by atoms with E-state index in [1.165, 1.54) is 0 Å². The van der Waals surface area contributed by atoms with Crippen LogP contribution in [0.4, 0.5) is 0 Å². The first-order valence-corrected chi connectivity index (χ1v) is 8.48.